The Hall–Kier alpha value is -0.830. The van der Waals surface area contributed by atoms with Crippen molar-refractivity contribution in [3.05, 3.63) is 28.4 Å². The molecule has 0 saturated heterocycles. The van der Waals surface area contributed by atoms with E-state index in [1.165, 1.54) is 10.9 Å². The zero-order valence-electron chi connectivity index (χ0n) is 9.50. The number of benzene rings is 1. The van der Waals surface area contributed by atoms with Gasteiger partial charge in [-0.05, 0) is 12.1 Å². The van der Waals surface area contributed by atoms with Gasteiger partial charge < -0.3 is 0 Å². The Morgan fingerprint density at radius 3 is 2.53 bits per heavy atom. The van der Waals surface area contributed by atoms with Crippen LogP contribution in [0.3, 0.4) is 0 Å². The van der Waals surface area contributed by atoms with E-state index in [9.17, 15) is 0 Å². The number of aromatic nitrogens is 2. The minimum Gasteiger partial charge on any atom is -0.268 e. The Bertz CT molecular complexity index is 506. The third kappa shape index (κ3) is 1.69. The highest BCUT2D eigenvalue weighted by molar-refractivity contribution is 9.10. The second kappa shape index (κ2) is 3.34. The van der Waals surface area contributed by atoms with Gasteiger partial charge in [0.15, 0.2) is 0 Å². The minimum atomic E-state index is 0.0728. The van der Waals surface area contributed by atoms with Crippen LogP contribution in [0.5, 0.6) is 0 Å². The highest BCUT2D eigenvalue weighted by Gasteiger charge is 2.22. The van der Waals surface area contributed by atoms with Crippen molar-refractivity contribution >= 4 is 26.8 Å². The Morgan fingerprint density at radius 1 is 1.27 bits per heavy atom. The molecule has 0 spiro atoms. The molecule has 0 atom stereocenters. The van der Waals surface area contributed by atoms with Gasteiger partial charge in [-0.25, -0.2) is 0 Å². The summed E-state index contributed by atoms with van der Waals surface area (Å²) < 4.78 is 3.07. The Balaban J connectivity index is 2.88. The van der Waals surface area contributed by atoms with Crippen LogP contribution in [0.4, 0.5) is 0 Å². The molecule has 0 aliphatic carbocycles. The van der Waals surface area contributed by atoms with Crippen molar-refractivity contribution in [1.29, 1.82) is 0 Å². The van der Waals surface area contributed by atoms with Crippen molar-refractivity contribution in [3.8, 4) is 0 Å². The van der Waals surface area contributed by atoms with Gasteiger partial charge in [0, 0.05) is 22.3 Å². The molecule has 80 valence electrons. The van der Waals surface area contributed by atoms with Crippen molar-refractivity contribution in [2.45, 2.75) is 26.2 Å². The molecule has 1 heterocycles. The van der Waals surface area contributed by atoms with Crippen LogP contribution in [0.25, 0.3) is 10.9 Å². The SMILES string of the molecule is Cn1nc(C(C)(C)C)c2c(Br)cccc21. The highest BCUT2D eigenvalue weighted by Crippen LogP contribution is 2.33. The predicted molar refractivity (Wildman–Crippen MR) is 67.1 cm³/mol. The van der Waals surface area contributed by atoms with E-state index in [1.807, 2.05) is 17.8 Å². The molecule has 0 aliphatic heterocycles. The number of halogens is 1. The zero-order valence-corrected chi connectivity index (χ0v) is 11.1. The highest BCUT2D eigenvalue weighted by atomic mass is 79.9. The van der Waals surface area contributed by atoms with Crippen LogP contribution in [-0.2, 0) is 12.5 Å². The Labute approximate surface area is 98.4 Å². The normalized spacial score (nSPS) is 12.3. The van der Waals surface area contributed by atoms with E-state index < -0.39 is 0 Å². The van der Waals surface area contributed by atoms with Gasteiger partial charge >= 0.3 is 0 Å². The van der Waals surface area contributed by atoms with Crippen molar-refractivity contribution in [3.63, 3.8) is 0 Å². The molecule has 0 amide bonds. The third-order valence-corrected chi connectivity index (χ3v) is 3.20. The lowest BCUT2D eigenvalue weighted by Crippen LogP contribution is -2.12. The second-order valence-electron chi connectivity index (χ2n) is 4.86. The van der Waals surface area contributed by atoms with Gasteiger partial charge in [-0.1, -0.05) is 42.8 Å². The summed E-state index contributed by atoms with van der Waals surface area (Å²) in [6.07, 6.45) is 0. The van der Waals surface area contributed by atoms with Gasteiger partial charge in [0.1, 0.15) is 0 Å². The van der Waals surface area contributed by atoms with Gasteiger partial charge in [0.25, 0.3) is 0 Å². The quantitative estimate of drug-likeness (QED) is 0.712. The van der Waals surface area contributed by atoms with E-state index in [-0.39, 0.29) is 5.41 Å². The minimum absolute atomic E-state index is 0.0728. The lowest BCUT2D eigenvalue weighted by Gasteiger charge is -2.15. The summed E-state index contributed by atoms with van der Waals surface area (Å²) in [5.41, 5.74) is 2.39. The molecular formula is C12H15BrN2. The van der Waals surface area contributed by atoms with Crippen molar-refractivity contribution < 1.29 is 0 Å². The predicted octanol–water partition coefficient (Wildman–Crippen LogP) is 3.63. The molecule has 0 unspecified atom stereocenters. The molecule has 0 bridgehead atoms. The van der Waals surface area contributed by atoms with Crippen molar-refractivity contribution in [2.24, 2.45) is 7.05 Å². The van der Waals surface area contributed by atoms with Crippen molar-refractivity contribution in [1.82, 2.24) is 9.78 Å². The standard InChI is InChI=1S/C12H15BrN2/c1-12(2,3)11-10-8(13)6-5-7-9(10)15(4)14-11/h5-7H,1-4H3. The summed E-state index contributed by atoms with van der Waals surface area (Å²) >= 11 is 3.60. The summed E-state index contributed by atoms with van der Waals surface area (Å²) in [6.45, 7) is 6.57. The third-order valence-electron chi connectivity index (χ3n) is 2.54. The Morgan fingerprint density at radius 2 is 1.93 bits per heavy atom. The molecule has 2 rings (SSSR count). The van der Waals surface area contributed by atoms with Crippen LogP contribution in [0, 0.1) is 0 Å². The number of rotatable bonds is 0. The topological polar surface area (TPSA) is 17.8 Å². The van der Waals surface area contributed by atoms with Crippen LogP contribution < -0.4 is 0 Å². The Kier molecular flexibility index (Phi) is 2.38. The van der Waals surface area contributed by atoms with E-state index in [0.29, 0.717) is 0 Å². The summed E-state index contributed by atoms with van der Waals surface area (Å²) in [4.78, 5) is 0. The zero-order chi connectivity index (χ0) is 11.2. The van der Waals surface area contributed by atoms with E-state index in [1.54, 1.807) is 0 Å². The fourth-order valence-electron chi connectivity index (χ4n) is 1.80. The summed E-state index contributed by atoms with van der Waals surface area (Å²) in [7, 11) is 1.99. The van der Waals surface area contributed by atoms with Crippen LogP contribution >= 0.6 is 15.9 Å². The lowest BCUT2D eigenvalue weighted by atomic mass is 9.90. The number of hydrogen-bond acceptors (Lipinski definition) is 1. The molecular weight excluding hydrogens is 252 g/mol. The van der Waals surface area contributed by atoms with Crippen LogP contribution in [-0.4, -0.2) is 9.78 Å². The molecule has 0 aliphatic rings. The first kappa shape index (κ1) is 10.7. The summed E-state index contributed by atoms with van der Waals surface area (Å²) in [6, 6.07) is 6.21. The van der Waals surface area contributed by atoms with E-state index in [0.717, 1.165) is 10.2 Å². The number of fused-ring (bicyclic) bond motifs is 1. The van der Waals surface area contributed by atoms with Crippen LogP contribution in [0.2, 0.25) is 0 Å². The maximum atomic E-state index is 4.61. The maximum absolute atomic E-state index is 4.61. The summed E-state index contributed by atoms with van der Waals surface area (Å²) in [5.74, 6) is 0. The van der Waals surface area contributed by atoms with Gasteiger partial charge in [-0.2, -0.15) is 5.10 Å². The molecule has 0 fully saturated rings. The molecule has 0 N–H and O–H groups in total. The monoisotopic (exact) mass is 266 g/mol. The first-order valence-corrected chi connectivity index (χ1v) is 5.82. The average molecular weight is 267 g/mol. The molecule has 2 nitrogen and oxygen atoms in total. The van der Waals surface area contributed by atoms with E-state index >= 15 is 0 Å². The molecule has 1 aromatic carbocycles. The lowest BCUT2D eigenvalue weighted by molar-refractivity contribution is 0.558. The molecule has 0 saturated carbocycles. The number of nitrogens with zero attached hydrogens (tertiary/aromatic N) is 2. The first-order valence-electron chi connectivity index (χ1n) is 5.03. The van der Waals surface area contributed by atoms with Crippen LogP contribution in [0.1, 0.15) is 26.5 Å². The fourth-order valence-corrected chi connectivity index (χ4v) is 2.34. The van der Waals surface area contributed by atoms with Gasteiger partial charge in [-0.15, -0.1) is 0 Å². The van der Waals surface area contributed by atoms with E-state index in [4.69, 9.17) is 0 Å². The summed E-state index contributed by atoms with van der Waals surface area (Å²) in [5, 5.41) is 5.84. The average Bonchev–Trinajstić information content (AvgIpc) is 2.45. The van der Waals surface area contributed by atoms with Gasteiger partial charge in [0.05, 0.1) is 11.2 Å². The largest absolute Gasteiger partial charge is 0.268 e. The molecule has 1 aromatic heterocycles. The fraction of sp³-hybridized carbons (Fsp3) is 0.417. The maximum Gasteiger partial charge on any atom is 0.0767 e. The molecule has 3 heteroatoms. The molecule has 15 heavy (non-hydrogen) atoms. The number of hydrogen-bond donors (Lipinski definition) is 0. The van der Waals surface area contributed by atoms with Gasteiger partial charge in [-0.3, -0.25) is 4.68 Å². The first-order chi connectivity index (χ1) is 6.91. The van der Waals surface area contributed by atoms with E-state index in [2.05, 4.69) is 53.9 Å². The smallest absolute Gasteiger partial charge is 0.0767 e. The molecule has 2 aromatic rings. The second-order valence-corrected chi connectivity index (χ2v) is 5.71. The number of aryl methyl sites for hydroxylation is 1. The molecule has 0 radical (unpaired) electrons. The van der Waals surface area contributed by atoms with Crippen LogP contribution in [0.15, 0.2) is 22.7 Å². The van der Waals surface area contributed by atoms with Gasteiger partial charge in [0.2, 0.25) is 0 Å². The van der Waals surface area contributed by atoms with Crippen molar-refractivity contribution in [2.75, 3.05) is 0 Å².